The molecule has 4 heteroatoms. The van der Waals surface area contributed by atoms with Crippen LogP contribution in [0.25, 0.3) is 83.9 Å². The molecule has 0 atom stereocenters. The van der Waals surface area contributed by atoms with Crippen molar-refractivity contribution in [2.24, 2.45) is 0 Å². The molecule has 9 rings (SSSR count). The molecule has 1 N–H and O–H groups in total. The second-order valence-electron chi connectivity index (χ2n) is 19.5. The largest absolute Gasteiger partial charge is 0.507 e. The van der Waals surface area contributed by atoms with Crippen molar-refractivity contribution >= 4 is 11.0 Å². The van der Waals surface area contributed by atoms with Crippen molar-refractivity contribution in [1.29, 1.82) is 0 Å². The molecule has 0 fully saturated rings. The third kappa shape index (κ3) is 8.98. The zero-order valence-corrected chi connectivity index (χ0v) is 39.0. The average Bonchev–Trinajstić information content (AvgIpc) is 1.28. The van der Waals surface area contributed by atoms with E-state index in [0.29, 0.717) is 50.1 Å². The van der Waals surface area contributed by atoms with Crippen LogP contribution < -0.4 is 0 Å². The van der Waals surface area contributed by atoms with Gasteiger partial charge in [-0.3, -0.25) is 9.55 Å². The highest BCUT2D eigenvalue weighted by molar-refractivity contribution is 5.98. The summed E-state index contributed by atoms with van der Waals surface area (Å²) in [6.45, 7) is 2.44. The Morgan fingerprint density at radius 3 is 1.88 bits per heavy atom. The van der Waals surface area contributed by atoms with Crippen molar-refractivity contribution in [3.8, 4) is 78.6 Å². The highest BCUT2D eigenvalue weighted by atomic mass is 16.3. The van der Waals surface area contributed by atoms with Crippen LogP contribution in [0.3, 0.4) is 0 Å². The van der Waals surface area contributed by atoms with E-state index in [2.05, 4.69) is 59.7 Å². The molecule has 9 aromatic rings. The van der Waals surface area contributed by atoms with Crippen LogP contribution in [-0.4, -0.2) is 19.6 Å². The molecule has 0 amide bonds. The van der Waals surface area contributed by atoms with E-state index in [1.807, 2.05) is 91.9 Å². The highest BCUT2D eigenvalue weighted by Gasteiger charge is 2.25. The number of fused-ring (bicyclic) bond motifs is 1. The lowest BCUT2D eigenvalue weighted by molar-refractivity contribution is 0.472. The zero-order valence-electron chi connectivity index (χ0n) is 55.0. The standard InChI is InChI=1S/C63H63N3O/c1-39-29-41(3)59(67)54(30-39)60-65-58-53(19-16-20-57(58)66(60)56-26-23-44(31-40(56)2)47-35-51(62(7,8)9)38-52(36-47)63(10,11)12)48-32-46(42-17-14-13-15-18-42)33-49(34-48)55-37-45(27-28-64-55)43-21-24-50(25-22-43)61(4,5)6/h13-38,67H,1-12H3/i2D3,4D3,5D3,6D3,21D,22D,24D,25D. The Balaban J connectivity index is 1.29. The van der Waals surface area contributed by atoms with Crippen LogP contribution in [0.2, 0.25) is 0 Å². The molecule has 0 spiro atoms. The molecule has 0 radical (unpaired) electrons. The van der Waals surface area contributed by atoms with Crippen LogP contribution in [-0.2, 0) is 16.2 Å². The Hall–Kier alpha value is -7.04. The zero-order chi connectivity index (χ0) is 61.1. The van der Waals surface area contributed by atoms with Gasteiger partial charge in [-0.05, 0) is 164 Å². The number of imidazole rings is 1. The van der Waals surface area contributed by atoms with Gasteiger partial charge in [-0.1, -0.05) is 159 Å². The van der Waals surface area contributed by atoms with E-state index >= 15 is 0 Å². The van der Waals surface area contributed by atoms with E-state index in [4.69, 9.17) is 31.9 Å². The maximum absolute atomic E-state index is 11.9. The second-order valence-corrected chi connectivity index (χ2v) is 19.5. The monoisotopic (exact) mass is 894 g/mol. The number of aromatic nitrogens is 3. The molecule has 0 aliphatic heterocycles. The van der Waals surface area contributed by atoms with Crippen molar-refractivity contribution < 1.29 is 27.0 Å². The summed E-state index contributed by atoms with van der Waals surface area (Å²) in [5.41, 5.74) is 4.82. The number of para-hydroxylation sites is 1. The summed E-state index contributed by atoms with van der Waals surface area (Å²) in [6, 6.07) is 35.3. The maximum Gasteiger partial charge on any atom is 0.149 e. The smallest absolute Gasteiger partial charge is 0.149 e. The lowest BCUT2D eigenvalue weighted by Gasteiger charge is -2.26. The quantitative estimate of drug-likeness (QED) is 0.173. The summed E-state index contributed by atoms with van der Waals surface area (Å²) in [5.74, 6) is 0.254. The summed E-state index contributed by atoms with van der Waals surface area (Å²) in [4.78, 5) is 10.0. The van der Waals surface area contributed by atoms with Crippen LogP contribution in [0.5, 0.6) is 5.75 Å². The topological polar surface area (TPSA) is 50.9 Å². The number of hydrogen-bond donors (Lipinski definition) is 1. The van der Waals surface area contributed by atoms with E-state index in [9.17, 15) is 5.11 Å². The third-order valence-electron chi connectivity index (χ3n) is 12.3. The number of rotatable bonds is 7. The molecule has 0 saturated carbocycles. The van der Waals surface area contributed by atoms with Gasteiger partial charge in [-0.25, -0.2) is 4.98 Å². The van der Waals surface area contributed by atoms with Gasteiger partial charge in [0.05, 0.1) is 33.5 Å². The van der Waals surface area contributed by atoms with Crippen molar-refractivity contribution in [2.75, 3.05) is 0 Å². The Bertz CT molecular complexity index is 3930. The van der Waals surface area contributed by atoms with E-state index in [0.717, 1.165) is 33.4 Å². The van der Waals surface area contributed by atoms with Gasteiger partial charge in [0.15, 0.2) is 0 Å². The molecule has 0 unspecified atom stereocenters. The number of phenolic OH excluding ortho intramolecular Hbond substituents is 1. The Labute approximate surface area is 420 Å². The first-order chi connectivity index (χ1) is 38.4. The fourth-order valence-electron chi connectivity index (χ4n) is 8.57. The molecule has 2 aromatic heterocycles. The third-order valence-corrected chi connectivity index (χ3v) is 12.3. The van der Waals surface area contributed by atoms with E-state index in [-0.39, 0.29) is 44.8 Å². The van der Waals surface area contributed by atoms with E-state index in [1.165, 1.54) is 18.3 Å². The Morgan fingerprint density at radius 1 is 0.522 bits per heavy atom. The number of aryl methyl sites for hydroxylation is 3. The number of aromatic hydroxyl groups is 1. The van der Waals surface area contributed by atoms with Gasteiger partial charge in [0.25, 0.3) is 0 Å². The first-order valence-corrected chi connectivity index (χ1v) is 22.3. The maximum atomic E-state index is 11.9. The van der Waals surface area contributed by atoms with Gasteiger partial charge < -0.3 is 5.11 Å². The molecular formula is C63H63N3O. The van der Waals surface area contributed by atoms with Crippen LogP contribution in [0.15, 0.2) is 158 Å². The normalized spacial score (nSPS) is 16.5. The molecule has 0 aliphatic rings. The lowest BCUT2D eigenvalue weighted by atomic mass is 9.79. The van der Waals surface area contributed by atoms with Crippen molar-refractivity contribution in [3.63, 3.8) is 0 Å². The number of benzene rings is 7. The number of phenols is 1. The SMILES string of the molecule is [2H]c1c([2H])c(C(C([2H])([2H])[2H])(C([2H])([2H])[2H])C([2H])([2H])[2H])c([2H])c([2H])c1-c1ccnc(-c2cc(-c3ccccc3)cc(-c3cccc4c3nc(-c3cc(C)cc(C)c3O)n4-c3ccc(-c4cc(C(C)(C)C)cc(C(C)(C)C)c4)cc3C([2H])([2H])[2H])c2)c1. The lowest BCUT2D eigenvalue weighted by Crippen LogP contribution is -2.16. The minimum absolute atomic E-state index is 0.0312. The van der Waals surface area contributed by atoms with Gasteiger partial charge in [-0.2, -0.15) is 0 Å². The molecule has 336 valence electrons. The minimum Gasteiger partial charge on any atom is -0.507 e. The van der Waals surface area contributed by atoms with Crippen LogP contribution in [0, 0.1) is 20.7 Å². The van der Waals surface area contributed by atoms with E-state index < -0.39 is 62.6 Å². The van der Waals surface area contributed by atoms with Gasteiger partial charge in [0.1, 0.15) is 11.6 Å². The highest BCUT2D eigenvalue weighted by Crippen LogP contribution is 2.43. The second kappa shape index (κ2) is 17.0. The molecule has 0 saturated heterocycles. The van der Waals surface area contributed by atoms with Gasteiger partial charge >= 0.3 is 0 Å². The van der Waals surface area contributed by atoms with Crippen molar-refractivity contribution in [3.05, 3.63) is 191 Å². The fourth-order valence-corrected chi connectivity index (χ4v) is 8.57. The molecule has 2 heterocycles. The summed E-state index contributed by atoms with van der Waals surface area (Å²) in [7, 11) is 0. The van der Waals surface area contributed by atoms with Crippen LogP contribution >= 0.6 is 0 Å². The molecule has 7 aromatic carbocycles. The predicted octanol–water partition coefficient (Wildman–Crippen LogP) is 16.9. The molecule has 67 heavy (non-hydrogen) atoms. The number of nitrogens with zero attached hydrogens (tertiary/aromatic N) is 3. The predicted molar refractivity (Wildman–Crippen MR) is 283 cm³/mol. The molecular weight excluding hydrogens is 815 g/mol. The summed E-state index contributed by atoms with van der Waals surface area (Å²) < 4.78 is 140. The van der Waals surface area contributed by atoms with Gasteiger partial charge in [-0.15, -0.1) is 0 Å². The van der Waals surface area contributed by atoms with Crippen LogP contribution in [0.1, 0.15) is 117 Å². The molecule has 0 aliphatic carbocycles. The van der Waals surface area contributed by atoms with Crippen LogP contribution in [0.4, 0.5) is 0 Å². The first kappa shape index (κ1) is 29.6. The summed E-state index contributed by atoms with van der Waals surface area (Å²) in [5, 5.41) is 11.9. The minimum atomic E-state index is -3.84. The molecule has 4 nitrogen and oxygen atoms in total. The van der Waals surface area contributed by atoms with Gasteiger partial charge in [0, 0.05) is 33.8 Å². The van der Waals surface area contributed by atoms with Crippen molar-refractivity contribution in [1.82, 2.24) is 14.5 Å². The summed E-state index contributed by atoms with van der Waals surface area (Å²) >= 11 is 0. The van der Waals surface area contributed by atoms with Gasteiger partial charge in [0.2, 0.25) is 0 Å². The Kier molecular flexibility index (Phi) is 7.50. The Morgan fingerprint density at radius 2 is 1.19 bits per heavy atom. The number of hydrogen-bond acceptors (Lipinski definition) is 3. The first-order valence-electron chi connectivity index (χ1n) is 30.3. The average molecular weight is 894 g/mol. The summed E-state index contributed by atoms with van der Waals surface area (Å²) in [6.07, 6.45) is 1.39. The molecule has 0 bridgehead atoms. The number of pyridine rings is 1. The van der Waals surface area contributed by atoms with Crippen molar-refractivity contribution in [2.45, 2.75) is 99.0 Å². The van der Waals surface area contributed by atoms with E-state index in [1.54, 1.807) is 23.6 Å². The fraction of sp³-hybridized carbons (Fsp3) is 0.238.